The maximum atomic E-state index is 11.2. The lowest BCUT2D eigenvalue weighted by Crippen LogP contribution is -2.18. The summed E-state index contributed by atoms with van der Waals surface area (Å²) >= 11 is 1.44. The Morgan fingerprint density at radius 1 is 1.00 bits per heavy atom. The van der Waals surface area contributed by atoms with E-state index in [1.54, 1.807) is 29.7 Å². The second-order valence-corrected chi connectivity index (χ2v) is 5.40. The van der Waals surface area contributed by atoms with Crippen LogP contribution in [0.25, 0.3) is 10.6 Å². The first kappa shape index (κ1) is 14.2. The zero-order valence-corrected chi connectivity index (χ0v) is 12.2. The van der Waals surface area contributed by atoms with Crippen molar-refractivity contribution in [1.82, 2.24) is 15.7 Å². The highest BCUT2D eigenvalue weighted by molar-refractivity contribution is 7.18. The standard InChI is InChI=1S/C15H12N4O2S/c20-13(19-21)10-6-8-12(9-7-10)16-15-18-17-14(22-15)11-4-2-1-3-5-11/h1-9,21H,(H,16,18)(H,19,20). The van der Waals surface area contributed by atoms with Gasteiger partial charge in [-0.25, -0.2) is 5.48 Å². The molecule has 0 radical (unpaired) electrons. The molecule has 0 aliphatic heterocycles. The van der Waals surface area contributed by atoms with Crippen molar-refractivity contribution in [1.29, 1.82) is 0 Å². The van der Waals surface area contributed by atoms with E-state index in [9.17, 15) is 4.79 Å². The van der Waals surface area contributed by atoms with Crippen molar-refractivity contribution in [3.8, 4) is 10.6 Å². The Morgan fingerprint density at radius 2 is 1.73 bits per heavy atom. The summed E-state index contributed by atoms with van der Waals surface area (Å²) in [7, 11) is 0. The molecule has 1 aromatic heterocycles. The van der Waals surface area contributed by atoms with E-state index in [-0.39, 0.29) is 0 Å². The largest absolute Gasteiger partial charge is 0.330 e. The zero-order valence-electron chi connectivity index (χ0n) is 11.4. The molecule has 2 aromatic carbocycles. The highest BCUT2D eigenvalue weighted by Gasteiger charge is 2.07. The highest BCUT2D eigenvalue weighted by atomic mass is 32.1. The molecular formula is C15H12N4O2S. The number of carbonyl (C=O) groups is 1. The molecule has 0 fully saturated rings. The van der Waals surface area contributed by atoms with Crippen LogP contribution in [0.2, 0.25) is 0 Å². The minimum absolute atomic E-state index is 0.371. The van der Waals surface area contributed by atoms with Gasteiger partial charge in [0.2, 0.25) is 5.13 Å². The predicted molar refractivity (Wildman–Crippen MR) is 84.3 cm³/mol. The van der Waals surface area contributed by atoms with Crippen molar-refractivity contribution in [3.05, 3.63) is 60.2 Å². The van der Waals surface area contributed by atoms with E-state index in [2.05, 4.69) is 15.5 Å². The molecule has 0 spiro atoms. The lowest BCUT2D eigenvalue weighted by atomic mass is 10.2. The van der Waals surface area contributed by atoms with E-state index in [1.165, 1.54) is 11.3 Å². The number of rotatable bonds is 4. The molecule has 0 saturated heterocycles. The average Bonchev–Trinajstić information content (AvgIpc) is 3.04. The van der Waals surface area contributed by atoms with Gasteiger partial charge in [-0.15, -0.1) is 10.2 Å². The van der Waals surface area contributed by atoms with E-state index in [0.717, 1.165) is 16.3 Å². The average molecular weight is 312 g/mol. The van der Waals surface area contributed by atoms with E-state index in [0.29, 0.717) is 10.7 Å². The van der Waals surface area contributed by atoms with Crippen LogP contribution in [0.15, 0.2) is 54.6 Å². The fraction of sp³-hybridized carbons (Fsp3) is 0. The van der Waals surface area contributed by atoms with Crippen LogP contribution in [0.1, 0.15) is 10.4 Å². The Labute approximate surface area is 130 Å². The van der Waals surface area contributed by atoms with Crippen molar-refractivity contribution < 1.29 is 10.0 Å². The van der Waals surface area contributed by atoms with Crippen LogP contribution in [0.5, 0.6) is 0 Å². The maximum Gasteiger partial charge on any atom is 0.274 e. The summed E-state index contributed by atoms with van der Waals surface area (Å²) in [5, 5.41) is 21.4. The van der Waals surface area contributed by atoms with Crippen LogP contribution < -0.4 is 10.8 Å². The number of nitrogens with zero attached hydrogens (tertiary/aromatic N) is 2. The lowest BCUT2D eigenvalue weighted by Gasteiger charge is -2.03. The topological polar surface area (TPSA) is 87.1 Å². The summed E-state index contributed by atoms with van der Waals surface area (Å²) in [6.45, 7) is 0. The number of aromatic nitrogens is 2. The van der Waals surface area contributed by atoms with Crippen molar-refractivity contribution in [2.45, 2.75) is 0 Å². The van der Waals surface area contributed by atoms with Gasteiger partial charge in [-0.2, -0.15) is 0 Å². The fourth-order valence-electron chi connectivity index (χ4n) is 1.86. The Kier molecular flexibility index (Phi) is 4.08. The third-order valence-electron chi connectivity index (χ3n) is 2.95. The minimum atomic E-state index is -0.547. The number of hydrogen-bond donors (Lipinski definition) is 3. The second-order valence-electron chi connectivity index (χ2n) is 4.42. The van der Waals surface area contributed by atoms with Crippen molar-refractivity contribution in [2.24, 2.45) is 0 Å². The van der Waals surface area contributed by atoms with Crippen LogP contribution in [-0.4, -0.2) is 21.3 Å². The molecule has 0 aliphatic carbocycles. The van der Waals surface area contributed by atoms with Gasteiger partial charge in [0.15, 0.2) is 0 Å². The molecule has 3 aromatic rings. The third kappa shape index (κ3) is 3.11. The number of hydrogen-bond acceptors (Lipinski definition) is 6. The summed E-state index contributed by atoms with van der Waals surface area (Å²) in [5.74, 6) is -0.547. The molecule has 0 unspecified atom stereocenters. The third-order valence-corrected chi connectivity index (χ3v) is 3.83. The molecule has 1 amide bonds. The van der Waals surface area contributed by atoms with Gasteiger partial charge in [-0.05, 0) is 24.3 Å². The molecule has 110 valence electrons. The SMILES string of the molecule is O=C(NO)c1ccc(Nc2nnc(-c3ccccc3)s2)cc1. The summed E-state index contributed by atoms with van der Waals surface area (Å²) in [6.07, 6.45) is 0. The van der Waals surface area contributed by atoms with Crippen LogP contribution in [0, 0.1) is 0 Å². The molecule has 1 heterocycles. The molecule has 22 heavy (non-hydrogen) atoms. The van der Waals surface area contributed by atoms with Gasteiger partial charge in [0, 0.05) is 16.8 Å². The summed E-state index contributed by atoms with van der Waals surface area (Å²) in [6, 6.07) is 16.5. The van der Waals surface area contributed by atoms with E-state index in [1.807, 2.05) is 30.3 Å². The van der Waals surface area contributed by atoms with Crippen LogP contribution in [0.3, 0.4) is 0 Å². The van der Waals surface area contributed by atoms with Gasteiger partial charge in [0.05, 0.1) is 0 Å². The Morgan fingerprint density at radius 3 is 2.41 bits per heavy atom. The van der Waals surface area contributed by atoms with Crippen molar-refractivity contribution >= 4 is 28.1 Å². The number of carbonyl (C=O) groups excluding carboxylic acids is 1. The monoisotopic (exact) mass is 312 g/mol. The number of benzene rings is 2. The van der Waals surface area contributed by atoms with Gasteiger partial charge >= 0.3 is 0 Å². The highest BCUT2D eigenvalue weighted by Crippen LogP contribution is 2.28. The molecule has 7 heteroatoms. The number of anilines is 2. The van der Waals surface area contributed by atoms with Crippen LogP contribution in [0.4, 0.5) is 10.8 Å². The fourth-order valence-corrected chi connectivity index (χ4v) is 2.63. The number of amides is 1. The van der Waals surface area contributed by atoms with Crippen LogP contribution in [-0.2, 0) is 0 Å². The molecule has 0 saturated carbocycles. The molecule has 0 aliphatic rings. The van der Waals surface area contributed by atoms with Crippen molar-refractivity contribution in [2.75, 3.05) is 5.32 Å². The van der Waals surface area contributed by atoms with E-state index in [4.69, 9.17) is 5.21 Å². The quantitative estimate of drug-likeness (QED) is 0.509. The second kappa shape index (κ2) is 6.33. The van der Waals surface area contributed by atoms with Crippen molar-refractivity contribution in [3.63, 3.8) is 0 Å². The Bertz CT molecular complexity index is 772. The molecular weight excluding hydrogens is 300 g/mol. The van der Waals surface area contributed by atoms with Gasteiger partial charge in [-0.3, -0.25) is 10.0 Å². The normalized spacial score (nSPS) is 10.2. The Hall–Kier alpha value is -2.77. The maximum absolute atomic E-state index is 11.2. The smallest absolute Gasteiger partial charge is 0.274 e. The first-order valence-electron chi connectivity index (χ1n) is 6.47. The Balaban J connectivity index is 1.74. The zero-order chi connectivity index (χ0) is 15.4. The van der Waals surface area contributed by atoms with Gasteiger partial charge in [0.1, 0.15) is 5.01 Å². The first-order valence-corrected chi connectivity index (χ1v) is 7.28. The molecule has 3 N–H and O–H groups in total. The first-order chi connectivity index (χ1) is 10.8. The molecule has 0 atom stereocenters. The summed E-state index contributed by atoms with van der Waals surface area (Å²) < 4.78 is 0. The molecule has 3 rings (SSSR count). The predicted octanol–water partition coefficient (Wildman–Crippen LogP) is 3.07. The number of hydroxylamine groups is 1. The van der Waals surface area contributed by atoms with E-state index >= 15 is 0 Å². The minimum Gasteiger partial charge on any atom is -0.330 e. The summed E-state index contributed by atoms with van der Waals surface area (Å²) in [5.41, 5.74) is 3.76. The molecule has 6 nitrogen and oxygen atoms in total. The van der Waals surface area contributed by atoms with Gasteiger partial charge < -0.3 is 5.32 Å². The number of nitrogens with one attached hydrogen (secondary N) is 2. The molecule has 0 bridgehead atoms. The van der Waals surface area contributed by atoms with Crippen LogP contribution >= 0.6 is 11.3 Å². The van der Waals surface area contributed by atoms with Gasteiger partial charge in [-0.1, -0.05) is 41.7 Å². The summed E-state index contributed by atoms with van der Waals surface area (Å²) in [4.78, 5) is 11.2. The lowest BCUT2D eigenvalue weighted by molar-refractivity contribution is 0.0706. The van der Waals surface area contributed by atoms with E-state index < -0.39 is 5.91 Å². The van der Waals surface area contributed by atoms with Gasteiger partial charge in [0.25, 0.3) is 5.91 Å².